The van der Waals surface area contributed by atoms with Gasteiger partial charge in [-0.15, -0.1) is 0 Å². The van der Waals surface area contributed by atoms with E-state index < -0.39 is 0 Å². The highest BCUT2D eigenvalue weighted by Crippen LogP contribution is 2.65. The Morgan fingerprint density at radius 1 is 1.37 bits per heavy atom. The lowest BCUT2D eigenvalue weighted by Crippen LogP contribution is -2.65. The molecule has 0 aromatic rings. The molecule has 2 N–H and O–H groups in total. The van der Waals surface area contributed by atoms with Crippen molar-refractivity contribution in [2.45, 2.75) is 64.1 Å². The highest BCUT2D eigenvalue weighted by Gasteiger charge is 2.68. The molecule has 0 aromatic carbocycles. The summed E-state index contributed by atoms with van der Waals surface area (Å²) in [5.74, 6) is 1.43. The van der Waals surface area contributed by atoms with Crippen LogP contribution in [0.1, 0.15) is 46.5 Å². The van der Waals surface area contributed by atoms with Crippen LogP contribution in [0.25, 0.3) is 0 Å². The maximum atomic E-state index is 6.33. The molecule has 4 aliphatic rings. The molecule has 3 aliphatic carbocycles. The van der Waals surface area contributed by atoms with E-state index in [0.717, 1.165) is 30.5 Å². The molecule has 1 saturated heterocycles. The van der Waals surface area contributed by atoms with Gasteiger partial charge in [0.2, 0.25) is 0 Å². The van der Waals surface area contributed by atoms with Gasteiger partial charge in [-0.3, -0.25) is 0 Å². The van der Waals surface area contributed by atoms with E-state index >= 15 is 0 Å². The molecule has 1 aliphatic heterocycles. The fourth-order valence-electron chi connectivity index (χ4n) is 4.53. The fourth-order valence-corrected chi connectivity index (χ4v) is 4.86. The molecule has 3 saturated carbocycles. The topological polar surface area (TPSA) is 44.5 Å². The van der Waals surface area contributed by atoms with E-state index in [1.807, 2.05) is 0 Å². The van der Waals surface area contributed by atoms with Gasteiger partial charge >= 0.3 is 7.12 Å². The number of hydrogen-bond donors (Lipinski definition) is 1. The third-order valence-electron chi connectivity index (χ3n) is 5.99. The van der Waals surface area contributed by atoms with Crippen molar-refractivity contribution in [3.8, 4) is 0 Å². The Balaban J connectivity index is 1.70. The molecule has 5 heteroatoms. The minimum Gasteiger partial charge on any atom is -0.404 e. The predicted octanol–water partition coefficient (Wildman–Crippen LogP) is 2.76. The van der Waals surface area contributed by atoms with Crippen molar-refractivity contribution in [2.24, 2.45) is 23.0 Å². The normalized spacial score (nSPS) is 44.7. The predicted molar refractivity (Wildman–Crippen MR) is 81.1 cm³/mol. The lowest BCUT2D eigenvalue weighted by Gasteiger charge is -2.64. The molecule has 1 heterocycles. The molecule has 0 spiro atoms. The zero-order chi connectivity index (χ0) is 13.8. The van der Waals surface area contributed by atoms with Crippen LogP contribution in [0.2, 0.25) is 0 Å². The summed E-state index contributed by atoms with van der Waals surface area (Å²) < 4.78 is 12.5. The van der Waals surface area contributed by atoms with E-state index in [9.17, 15) is 0 Å². The highest BCUT2D eigenvalue weighted by atomic mass is 79.9. The molecule has 2 bridgehead atoms. The second-order valence-corrected chi connectivity index (χ2v) is 8.13. The lowest BCUT2D eigenvalue weighted by molar-refractivity contribution is -0.199. The summed E-state index contributed by atoms with van der Waals surface area (Å²) >= 11 is 3.45. The Labute approximate surface area is 125 Å². The van der Waals surface area contributed by atoms with Gasteiger partial charge in [-0.05, 0) is 49.9 Å². The molecule has 0 radical (unpaired) electrons. The Morgan fingerprint density at radius 3 is 2.74 bits per heavy atom. The van der Waals surface area contributed by atoms with E-state index in [4.69, 9.17) is 15.0 Å². The molecule has 0 amide bonds. The van der Waals surface area contributed by atoms with Crippen LogP contribution in [0.4, 0.5) is 0 Å². The number of hydrogen-bond acceptors (Lipinski definition) is 3. The largest absolute Gasteiger partial charge is 0.475 e. The van der Waals surface area contributed by atoms with Gasteiger partial charge < -0.3 is 15.0 Å². The summed E-state index contributed by atoms with van der Waals surface area (Å²) in [7, 11) is -0.204. The number of alkyl halides is 1. The van der Waals surface area contributed by atoms with Crippen LogP contribution in [-0.2, 0) is 9.31 Å². The van der Waals surface area contributed by atoms with Gasteiger partial charge in [0.15, 0.2) is 0 Å². The van der Waals surface area contributed by atoms with E-state index in [1.165, 1.54) is 6.42 Å². The molecule has 108 valence electrons. The second-order valence-electron chi connectivity index (χ2n) is 7.33. The van der Waals surface area contributed by atoms with Crippen LogP contribution in [0, 0.1) is 17.3 Å². The first kappa shape index (κ1) is 14.4. The molecule has 4 rings (SSSR count). The maximum absolute atomic E-state index is 6.33. The van der Waals surface area contributed by atoms with Crippen molar-refractivity contribution in [3.63, 3.8) is 0 Å². The van der Waals surface area contributed by atoms with Gasteiger partial charge in [0.05, 0.1) is 11.7 Å². The third-order valence-corrected chi connectivity index (χ3v) is 6.55. The lowest BCUT2D eigenvalue weighted by atomic mass is 9.43. The van der Waals surface area contributed by atoms with Crippen LogP contribution >= 0.6 is 15.9 Å². The van der Waals surface area contributed by atoms with Crippen LogP contribution in [0.15, 0.2) is 0 Å². The Bertz CT molecular complexity index is 367. The smallest absolute Gasteiger partial charge is 0.404 e. The summed E-state index contributed by atoms with van der Waals surface area (Å²) in [5.41, 5.74) is 6.52. The minimum absolute atomic E-state index is 0.000266. The van der Waals surface area contributed by atoms with Crippen molar-refractivity contribution < 1.29 is 9.31 Å². The summed E-state index contributed by atoms with van der Waals surface area (Å²) in [4.78, 5) is 0. The first-order valence-corrected chi connectivity index (χ1v) is 8.66. The highest BCUT2D eigenvalue weighted by molar-refractivity contribution is 9.09. The van der Waals surface area contributed by atoms with E-state index in [1.54, 1.807) is 0 Å². The van der Waals surface area contributed by atoms with Gasteiger partial charge in [0.1, 0.15) is 0 Å². The van der Waals surface area contributed by atoms with Crippen LogP contribution < -0.4 is 5.73 Å². The minimum atomic E-state index is -0.204. The monoisotopic (exact) mass is 329 g/mol. The van der Waals surface area contributed by atoms with Crippen LogP contribution in [0.5, 0.6) is 0 Å². The zero-order valence-electron chi connectivity index (χ0n) is 12.2. The molecular weight excluding hydrogens is 305 g/mol. The number of nitrogens with two attached hydrogens (primary N) is 1. The van der Waals surface area contributed by atoms with E-state index in [0.29, 0.717) is 11.3 Å². The molecule has 4 unspecified atom stereocenters. The average molecular weight is 330 g/mol. The summed E-state index contributed by atoms with van der Waals surface area (Å²) in [6.07, 6.45) is 4.72. The van der Waals surface area contributed by atoms with Crippen molar-refractivity contribution in [3.05, 3.63) is 0 Å². The summed E-state index contributed by atoms with van der Waals surface area (Å²) in [6, 6.07) is 0. The Morgan fingerprint density at radius 2 is 2.11 bits per heavy atom. The molecule has 4 fully saturated rings. The van der Waals surface area contributed by atoms with Crippen LogP contribution in [0.3, 0.4) is 0 Å². The number of rotatable bonds is 4. The van der Waals surface area contributed by atoms with Crippen molar-refractivity contribution in [2.75, 3.05) is 5.33 Å². The first-order chi connectivity index (χ1) is 8.89. The molecule has 5 atom stereocenters. The molecule has 0 aromatic heterocycles. The van der Waals surface area contributed by atoms with Crippen molar-refractivity contribution in [1.82, 2.24) is 0 Å². The average Bonchev–Trinajstić information content (AvgIpc) is 2.72. The number of halogens is 1. The first-order valence-electron chi connectivity index (χ1n) is 7.54. The zero-order valence-corrected chi connectivity index (χ0v) is 13.8. The van der Waals surface area contributed by atoms with Crippen molar-refractivity contribution in [1.29, 1.82) is 0 Å². The quantitative estimate of drug-likeness (QED) is 0.637. The third kappa shape index (κ3) is 2.03. The molecule has 3 nitrogen and oxygen atoms in total. The van der Waals surface area contributed by atoms with Crippen molar-refractivity contribution >= 4 is 23.0 Å². The molecular formula is C14H25BBrNO2. The van der Waals surface area contributed by atoms with Gasteiger partial charge in [-0.2, -0.15) is 0 Å². The van der Waals surface area contributed by atoms with Gasteiger partial charge in [-0.1, -0.05) is 29.8 Å². The summed E-state index contributed by atoms with van der Waals surface area (Å²) in [6.45, 7) is 7.01. The van der Waals surface area contributed by atoms with Gasteiger partial charge in [-0.25, -0.2) is 0 Å². The van der Waals surface area contributed by atoms with Gasteiger partial charge in [0, 0.05) is 11.3 Å². The fraction of sp³-hybridized carbons (Fsp3) is 1.00. The Kier molecular flexibility index (Phi) is 3.57. The van der Waals surface area contributed by atoms with Gasteiger partial charge in [0.25, 0.3) is 0 Å². The summed E-state index contributed by atoms with van der Waals surface area (Å²) in [5, 5.41) is 0.992. The maximum Gasteiger partial charge on any atom is 0.475 e. The van der Waals surface area contributed by atoms with Crippen LogP contribution in [-0.4, -0.2) is 30.1 Å². The second kappa shape index (κ2) is 4.72. The Hall–Kier alpha value is 0.425. The SMILES string of the molecule is CC1(C)C2CC3OB(C(N)CCCBr)O[C@@]3(C)C1C2. The van der Waals surface area contributed by atoms with E-state index in [2.05, 4.69) is 36.7 Å². The molecule has 19 heavy (non-hydrogen) atoms. The standard InChI is InChI=1S/C14H25BBrNO2/c1-13(2)9-7-10(13)14(3)11(8-9)18-15(19-14)12(17)5-4-6-16/h9-12H,4-8,17H2,1-3H3/t9?,10?,11?,12?,14-/m0/s1. The van der Waals surface area contributed by atoms with E-state index in [-0.39, 0.29) is 24.8 Å².